The van der Waals surface area contributed by atoms with E-state index < -0.39 is 11.7 Å². The fourth-order valence-corrected chi connectivity index (χ4v) is 4.84. The van der Waals surface area contributed by atoms with Gasteiger partial charge in [0.2, 0.25) is 0 Å². The van der Waals surface area contributed by atoms with E-state index in [2.05, 4.69) is 43.1 Å². The molecule has 0 bridgehead atoms. The molecule has 0 radical (unpaired) electrons. The minimum atomic E-state index is -0.591. The average Bonchev–Trinajstić information content (AvgIpc) is 3.26. The molecule has 7 rings (SSSR count). The predicted octanol–water partition coefficient (Wildman–Crippen LogP) is 3.11. The quantitative estimate of drug-likeness (QED) is 0.327. The number of carbonyl (C=O) groups is 1. The van der Waals surface area contributed by atoms with Crippen LogP contribution in [0, 0.1) is 12.7 Å². The van der Waals surface area contributed by atoms with Crippen LogP contribution >= 0.6 is 11.6 Å². The van der Waals surface area contributed by atoms with Crippen molar-refractivity contribution in [1.29, 1.82) is 0 Å². The summed E-state index contributed by atoms with van der Waals surface area (Å²) in [5, 5.41) is 19.0. The molecule has 1 aliphatic carbocycles. The Hall–Kier alpha value is -4.65. The molecule has 1 saturated carbocycles. The maximum Gasteiger partial charge on any atom is 0.273 e. The molecule has 6 heterocycles. The van der Waals surface area contributed by atoms with Crippen molar-refractivity contribution < 1.29 is 9.18 Å². The van der Waals surface area contributed by atoms with Crippen LogP contribution in [0.3, 0.4) is 0 Å². The van der Waals surface area contributed by atoms with Gasteiger partial charge in [0.25, 0.3) is 5.91 Å². The van der Waals surface area contributed by atoms with Crippen molar-refractivity contribution in [3.8, 4) is 5.69 Å². The molecular formula is C25H21ClFN11O. The first kappa shape index (κ1) is 23.5. The summed E-state index contributed by atoms with van der Waals surface area (Å²) in [6, 6.07) is 3.60. The Bertz CT molecular complexity index is 1880. The lowest BCUT2D eigenvalue weighted by atomic mass is 10.2. The second-order valence-electron chi connectivity index (χ2n) is 9.55. The van der Waals surface area contributed by atoms with E-state index in [0.717, 1.165) is 22.9 Å². The Morgan fingerprint density at radius 2 is 2.05 bits per heavy atom. The van der Waals surface area contributed by atoms with Crippen LogP contribution in [0.15, 0.2) is 49.6 Å². The third-order valence-electron chi connectivity index (χ3n) is 6.81. The van der Waals surface area contributed by atoms with E-state index in [1.54, 1.807) is 23.4 Å². The van der Waals surface area contributed by atoms with Crippen LogP contribution in [-0.2, 0) is 13.1 Å². The van der Waals surface area contributed by atoms with Gasteiger partial charge in [0.1, 0.15) is 17.7 Å². The van der Waals surface area contributed by atoms with Gasteiger partial charge in [-0.25, -0.2) is 19.0 Å². The summed E-state index contributed by atoms with van der Waals surface area (Å²) in [7, 11) is 0. The van der Waals surface area contributed by atoms with E-state index in [1.165, 1.54) is 35.2 Å². The molecule has 0 aliphatic heterocycles. The Morgan fingerprint density at radius 3 is 2.85 bits per heavy atom. The third kappa shape index (κ3) is 4.20. The summed E-state index contributed by atoms with van der Waals surface area (Å²) in [6.07, 6.45) is 12.7. The minimum Gasteiger partial charge on any atom is -0.345 e. The molecule has 6 aromatic heterocycles. The molecule has 1 N–H and O–H groups in total. The van der Waals surface area contributed by atoms with Crippen LogP contribution in [-0.4, -0.2) is 54.4 Å². The van der Waals surface area contributed by atoms with Gasteiger partial charge in [0, 0.05) is 18.6 Å². The van der Waals surface area contributed by atoms with Crippen LogP contribution in [0.25, 0.3) is 16.9 Å². The number of pyridine rings is 2. The number of nitrogens with one attached hydrogen (secondary N) is 1. The van der Waals surface area contributed by atoms with Crippen molar-refractivity contribution in [3.05, 3.63) is 88.9 Å². The summed E-state index contributed by atoms with van der Waals surface area (Å²) in [5.41, 5.74) is 4.38. The highest BCUT2D eigenvalue weighted by molar-refractivity contribution is 6.31. The van der Waals surface area contributed by atoms with E-state index >= 15 is 0 Å². The molecule has 1 aliphatic rings. The number of hydrogen-bond donors (Lipinski definition) is 1. The molecular weight excluding hydrogens is 525 g/mol. The summed E-state index contributed by atoms with van der Waals surface area (Å²) in [4.78, 5) is 21.8. The maximum atomic E-state index is 14.5. The molecule has 12 nitrogen and oxygen atoms in total. The van der Waals surface area contributed by atoms with Gasteiger partial charge in [-0.3, -0.25) is 9.36 Å². The largest absolute Gasteiger partial charge is 0.345 e. The van der Waals surface area contributed by atoms with Crippen molar-refractivity contribution in [1.82, 2.24) is 53.8 Å². The van der Waals surface area contributed by atoms with Crippen molar-refractivity contribution >= 4 is 28.7 Å². The molecule has 1 fully saturated rings. The number of aryl methyl sites for hydroxylation is 1. The number of fused-ring (bicyclic) bond motifs is 2. The van der Waals surface area contributed by atoms with Crippen molar-refractivity contribution in [2.24, 2.45) is 0 Å². The zero-order valence-electron chi connectivity index (χ0n) is 20.7. The summed E-state index contributed by atoms with van der Waals surface area (Å²) < 4.78 is 21.5. The van der Waals surface area contributed by atoms with Gasteiger partial charge in [-0.2, -0.15) is 0 Å². The Balaban J connectivity index is 1.10. The van der Waals surface area contributed by atoms with Gasteiger partial charge in [-0.1, -0.05) is 16.8 Å². The lowest BCUT2D eigenvalue weighted by Crippen LogP contribution is -2.23. The van der Waals surface area contributed by atoms with Crippen LogP contribution in [0.5, 0.6) is 0 Å². The Kier molecular flexibility index (Phi) is 5.40. The van der Waals surface area contributed by atoms with E-state index in [1.807, 2.05) is 22.1 Å². The van der Waals surface area contributed by atoms with Gasteiger partial charge in [0.15, 0.2) is 17.2 Å². The van der Waals surface area contributed by atoms with Crippen molar-refractivity contribution in [3.63, 3.8) is 0 Å². The van der Waals surface area contributed by atoms with Gasteiger partial charge >= 0.3 is 0 Å². The van der Waals surface area contributed by atoms with E-state index in [-0.39, 0.29) is 22.8 Å². The first-order valence-corrected chi connectivity index (χ1v) is 12.7. The summed E-state index contributed by atoms with van der Waals surface area (Å²) >= 11 is 5.90. The van der Waals surface area contributed by atoms with E-state index in [9.17, 15) is 9.18 Å². The van der Waals surface area contributed by atoms with Gasteiger partial charge in [-0.05, 0) is 43.4 Å². The number of nitrogens with zero attached hydrogens (tertiary/aromatic N) is 10. The fraction of sp³-hybridized carbons (Fsp3) is 0.240. The third-order valence-corrected chi connectivity index (χ3v) is 7.10. The number of hydrogen-bond acceptors (Lipinski definition) is 7. The first-order chi connectivity index (χ1) is 18.9. The molecule has 0 aromatic carbocycles. The minimum absolute atomic E-state index is 0.000515. The number of amides is 1. The van der Waals surface area contributed by atoms with Crippen LogP contribution < -0.4 is 5.32 Å². The topological polar surface area (TPSA) is 125 Å². The smallest absolute Gasteiger partial charge is 0.273 e. The predicted molar refractivity (Wildman–Crippen MR) is 137 cm³/mol. The number of aromatic nitrogens is 10. The Labute approximate surface area is 225 Å². The van der Waals surface area contributed by atoms with Gasteiger partial charge in [-0.15, -0.1) is 15.3 Å². The fourth-order valence-electron chi connectivity index (χ4n) is 4.69. The zero-order valence-corrected chi connectivity index (χ0v) is 21.4. The average molecular weight is 546 g/mol. The number of rotatable bonds is 7. The highest BCUT2D eigenvalue weighted by Crippen LogP contribution is 2.41. The zero-order chi connectivity index (χ0) is 26.7. The molecule has 6 aromatic rings. The normalized spacial score (nSPS) is 13.5. The SMILES string of the molecule is Cc1nncn1-c1cc(C2CC2)cn2cc(Cn3cc(C(=O)NCc4ncn5ccc(Cl)c(F)c45)nn3)nc12. The van der Waals surface area contributed by atoms with Crippen molar-refractivity contribution in [2.45, 2.75) is 38.8 Å². The molecule has 0 saturated heterocycles. The maximum absolute atomic E-state index is 14.5. The molecule has 0 unspecified atom stereocenters. The van der Waals surface area contributed by atoms with Crippen LogP contribution in [0.1, 0.15) is 52.0 Å². The lowest BCUT2D eigenvalue weighted by molar-refractivity contribution is 0.0945. The standard InChI is InChI=1S/C25H21ClFN11O/c1-14-32-30-13-38(14)21-6-16(15-2-3-15)8-36-9-17(31-24(21)36)10-37-11-20(33-34-37)25(39)28-7-19-23-22(27)18(26)4-5-35(23)12-29-19/h4-6,8-9,11-13,15H,2-3,7,10H2,1H3,(H,28,39). The molecule has 0 atom stereocenters. The first-order valence-electron chi connectivity index (χ1n) is 12.3. The summed E-state index contributed by atoms with van der Waals surface area (Å²) in [6.45, 7) is 2.22. The highest BCUT2D eigenvalue weighted by Gasteiger charge is 2.26. The monoisotopic (exact) mass is 545 g/mol. The van der Waals surface area contributed by atoms with Crippen LogP contribution in [0.4, 0.5) is 4.39 Å². The van der Waals surface area contributed by atoms with Gasteiger partial charge in [0.05, 0.1) is 47.7 Å². The number of halogens is 2. The summed E-state index contributed by atoms with van der Waals surface area (Å²) in [5.74, 6) is 0.280. The molecule has 0 spiro atoms. The molecule has 14 heteroatoms. The Morgan fingerprint density at radius 1 is 1.18 bits per heavy atom. The van der Waals surface area contributed by atoms with E-state index in [4.69, 9.17) is 16.6 Å². The second kappa shape index (κ2) is 8.98. The van der Waals surface area contributed by atoms with Crippen LogP contribution in [0.2, 0.25) is 5.02 Å². The number of imidazole rings is 2. The lowest BCUT2D eigenvalue weighted by Gasteiger charge is -2.09. The van der Waals surface area contributed by atoms with E-state index in [0.29, 0.717) is 18.2 Å². The second-order valence-corrected chi connectivity index (χ2v) is 9.96. The van der Waals surface area contributed by atoms with Crippen molar-refractivity contribution in [2.75, 3.05) is 0 Å². The highest BCUT2D eigenvalue weighted by atomic mass is 35.5. The number of carbonyl (C=O) groups excluding carboxylic acids is 1. The molecule has 1 amide bonds. The molecule has 196 valence electrons. The molecule has 39 heavy (non-hydrogen) atoms. The van der Waals surface area contributed by atoms with Gasteiger partial charge < -0.3 is 14.1 Å².